The molecular formula is C13H9F2NO3. The molecule has 0 heterocycles. The van der Waals surface area contributed by atoms with Crippen LogP contribution < -0.4 is 10.5 Å². The van der Waals surface area contributed by atoms with Crippen LogP contribution in [-0.4, -0.2) is 11.1 Å². The van der Waals surface area contributed by atoms with Crippen molar-refractivity contribution in [2.24, 2.45) is 0 Å². The fraction of sp³-hybridized carbons (Fsp3) is 0. The number of carboxylic acids is 1. The summed E-state index contributed by atoms with van der Waals surface area (Å²) in [4.78, 5) is 10.8. The molecule has 0 fully saturated rings. The number of aromatic carboxylic acids is 1. The maximum absolute atomic E-state index is 13.3. The van der Waals surface area contributed by atoms with Gasteiger partial charge in [0.1, 0.15) is 11.6 Å². The Hall–Kier alpha value is -2.63. The Labute approximate surface area is 107 Å². The second kappa shape index (κ2) is 4.93. The Morgan fingerprint density at radius 3 is 2.53 bits per heavy atom. The summed E-state index contributed by atoms with van der Waals surface area (Å²) in [6, 6.07) is 6.54. The average Bonchev–Trinajstić information content (AvgIpc) is 2.33. The monoisotopic (exact) mass is 265 g/mol. The van der Waals surface area contributed by atoms with Crippen LogP contribution in [0.2, 0.25) is 0 Å². The van der Waals surface area contributed by atoms with E-state index >= 15 is 0 Å². The van der Waals surface area contributed by atoms with Gasteiger partial charge in [0.05, 0.1) is 5.56 Å². The lowest BCUT2D eigenvalue weighted by molar-refractivity contribution is 0.0698. The smallest absolute Gasteiger partial charge is 0.337 e. The van der Waals surface area contributed by atoms with Crippen molar-refractivity contribution in [3.05, 3.63) is 53.6 Å². The molecular weight excluding hydrogens is 256 g/mol. The molecule has 3 N–H and O–H groups in total. The van der Waals surface area contributed by atoms with E-state index in [4.69, 9.17) is 15.6 Å². The number of hydrogen-bond acceptors (Lipinski definition) is 3. The van der Waals surface area contributed by atoms with Crippen LogP contribution in [0.1, 0.15) is 10.4 Å². The van der Waals surface area contributed by atoms with E-state index in [1.54, 1.807) is 0 Å². The molecule has 0 spiro atoms. The fourth-order valence-corrected chi connectivity index (χ4v) is 1.48. The zero-order chi connectivity index (χ0) is 14.0. The predicted molar refractivity (Wildman–Crippen MR) is 64.2 cm³/mol. The summed E-state index contributed by atoms with van der Waals surface area (Å²) in [6.45, 7) is 0. The zero-order valence-electron chi connectivity index (χ0n) is 9.56. The molecule has 0 aromatic heterocycles. The van der Waals surface area contributed by atoms with Crippen molar-refractivity contribution in [1.29, 1.82) is 0 Å². The zero-order valence-corrected chi connectivity index (χ0v) is 9.56. The first-order chi connectivity index (χ1) is 8.97. The van der Waals surface area contributed by atoms with E-state index < -0.39 is 17.6 Å². The Kier molecular flexibility index (Phi) is 3.33. The normalized spacial score (nSPS) is 10.2. The van der Waals surface area contributed by atoms with Gasteiger partial charge >= 0.3 is 5.97 Å². The Bertz CT molecular complexity index is 644. The molecule has 4 nitrogen and oxygen atoms in total. The number of carboxylic acid groups (broad SMARTS) is 1. The van der Waals surface area contributed by atoms with Crippen molar-refractivity contribution in [2.75, 3.05) is 5.73 Å². The van der Waals surface area contributed by atoms with E-state index in [9.17, 15) is 13.6 Å². The molecule has 19 heavy (non-hydrogen) atoms. The number of benzene rings is 2. The first-order valence-corrected chi connectivity index (χ1v) is 5.23. The molecule has 0 unspecified atom stereocenters. The molecule has 0 atom stereocenters. The average molecular weight is 265 g/mol. The minimum absolute atomic E-state index is 0.0261. The molecule has 2 aromatic rings. The fourth-order valence-electron chi connectivity index (χ4n) is 1.48. The summed E-state index contributed by atoms with van der Waals surface area (Å²) in [5, 5.41) is 8.80. The first kappa shape index (κ1) is 12.8. The van der Waals surface area contributed by atoms with Gasteiger partial charge in [0.15, 0.2) is 11.6 Å². The van der Waals surface area contributed by atoms with Crippen molar-refractivity contribution < 1.29 is 23.4 Å². The van der Waals surface area contributed by atoms with Gasteiger partial charge in [-0.15, -0.1) is 0 Å². The van der Waals surface area contributed by atoms with E-state index in [1.165, 1.54) is 18.2 Å². The van der Waals surface area contributed by atoms with Crippen molar-refractivity contribution in [2.45, 2.75) is 0 Å². The Balaban J connectivity index is 2.31. The first-order valence-electron chi connectivity index (χ1n) is 5.23. The van der Waals surface area contributed by atoms with E-state index in [0.29, 0.717) is 0 Å². The Morgan fingerprint density at radius 2 is 1.89 bits per heavy atom. The molecule has 0 bridgehead atoms. The van der Waals surface area contributed by atoms with Crippen molar-refractivity contribution in [1.82, 2.24) is 0 Å². The van der Waals surface area contributed by atoms with E-state index in [2.05, 4.69) is 0 Å². The quantitative estimate of drug-likeness (QED) is 0.836. The molecule has 0 saturated heterocycles. The third kappa shape index (κ3) is 2.79. The molecule has 0 saturated carbocycles. The van der Waals surface area contributed by atoms with Crippen LogP contribution in [0, 0.1) is 11.6 Å². The molecule has 98 valence electrons. The summed E-state index contributed by atoms with van der Waals surface area (Å²) in [6.07, 6.45) is 0. The highest BCUT2D eigenvalue weighted by Gasteiger charge is 2.11. The molecule has 0 aliphatic heterocycles. The van der Waals surface area contributed by atoms with Gasteiger partial charge in [-0.05, 0) is 24.3 Å². The largest absolute Gasteiger partial charge is 0.478 e. The van der Waals surface area contributed by atoms with Crippen LogP contribution in [0.15, 0.2) is 36.4 Å². The SMILES string of the molecule is Nc1cc(Oc2cc(F)ccc2F)ccc1C(=O)O. The summed E-state index contributed by atoms with van der Waals surface area (Å²) in [7, 11) is 0. The predicted octanol–water partition coefficient (Wildman–Crippen LogP) is 3.04. The summed E-state index contributed by atoms with van der Waals surface area (Å²) < 4.78 is 31.4. The number of rotatable bonds is 3. The minimum atomic E-state index is -1.18. The number of nitrogens with two attached hydrogens (primary N) is 1. The third-order valence-corrected chi connectivity index (χ3v) is 2.37. The maximum Gasteiger partial charge on any atom is 0.337 e. The molecule has 2 rings (SSSR count). The van der Waals surface area contributed by atoms with Gasteiger partial charge in [-0.25, -0.2) is 13.6 Å². The van der Waals surface area contributed by atoms with E-state index in [-0.39, 0.29) is 22.7 Å². The number of hydrogen-bond donors (Lipinski definition) is 2. The van der Waals surface area contributed by atoms with Gasteiger partial charge in [-0.3, -0.25) is 0 Å². The van der Waals surface area contributed by atoms with Crippen molar-refractivity contribution >= 4 is 11.7 Å². The number of anilines is 1. The standard InChI is InChI=1S/C13H9F2NO3/c14-7-1-4-10(15)12(5-7)19-8-2-3-9(13(17)18)11(16)6-8/h1-6H,16H2,(H,17,18). The van der Waals surface area contributed by atoms with Gasteiger partial charge in [0, 0.05) is 17.8 Å². The molecule has 0 aliphatic rings. The highest BCUT2D eigenvalue weighted by Crippen LogP contribution is 2.27. The van der Waals surface area contributed by atoms with Gasteiger partial charge < -0.3 is 15.6 Å². The van der Waals surface area contributed by atoms with E-state index in [0.717, 1.165) is 18.2 Å². The topological polar surface area (TPSA) is 72.5 Å². The highest BCUT2D eigenvalue weighted by molar-refractivity contribution is 5.93. The van der Waals surface area contributed by atoms with Crippen LogP contribution in [0.5, 0.6) is 11.5 Å². The lowest BCUT2D eigenvalue weighted by atomic mass is 10.2. The third-order valence-electron chi connectivity index (χ3n) is 2.37. The maximum atomic E-state index is 13.3. The molecule has 0 aliphatic carbocycles. The Morgan fingerprint density at radius 1 is 1.16 bits per heavy atom. The van der Waals surface area contributed by atoms with Gasteiger partial charge in [-0.2, -0.15) is 0 Å². The lowest BCUT2D eigenvalue weighted by Crippen LogP contribution is -2.02. The summed E-state index contributed by atoms with van der Waals surface area (Å²) >= 11 is 0. The van der Waals surface area contributed by atoms with Crippen LogP contribution in [0.3, 0.4) is 0 Å². The summed E-state index contributed by atoms with van der Waals surface area (Å²) in [5.74, 6) is -2.75. The minimum Gasteiger partial charge on any atom is -0.478 e. The molecule has 2 aromatic carbocycles. The van der Waals surface area contributed by atoms with Crippen molar-refractivity contribution in [3.63, 3.8) is 0 Å². The van der Waals surface area contributed by atoms with E-state index in [1.807, 2.05) is 0 Å². The number of ether oxygens (including phenoxy) is 1. The second-order valence-electron chi connectivity index (χ2n) is 3.73. The number of halogens is 2. The number of carbonyl (C=O) groups is 1. The second-order valence-corrected chi connectivity index (χ2v) is 3.73. The van der Waals surface area contributed by atoms with Crippen LogP contribution in [0.4, 0.5) is 14.5 Å². The highest BCUT2D eigenvalue weighted by atomic mass is 19.1. The van der Waals surface area contributed by atoms with Crippen LogP contribution in [0.25, 0.3) is 0 Å². The lowest BCUT2D eigenvalue weighted by Gasteiger charge is -2.08. The molecule has 0 amide bonds. The van der Waals surface area contributed by atoms with Gasteiger partial charge in [-0.1, -0.05) is 0 Å². The summed E-state index contributed by atoms with van der Waals surface area (Å²) in [5.41, 5.74) is 5.40. The van der Waals surface area contributed by atoms with Crippen LogP contribution >= 0.6 is 0 Å². The number of nitrogen functional groups attached to an aromatic ring is 1. The van der Waals surface area contributed by atoms with Crippen LogP contribution in [-0.2, 0) is 0 Å². The molecule has 0 radical (unpaired) electrons. The molecule has 6 heteroatoms. The van der Waals surface area contributed by atoms with Gasteiger partial charge in [0.2, 0.25) is 0 Å². The van der Waals surface area contributed by atoms with Gasteiger partial charge in [0.25, 0.3) is 0 Å². The van der Waals surface area contributed by atoms with Crippen molar-refractivity contribution in [3.8, 4) is 11.5 Å².